The number of halogens is 1. The normalized spacial score (nSPS) is 10.2. The highest BCUT2D eigenvalue weighted by molar-refractivity contribution is 6.04. The number of anilines is 3. The molecule has 1 amide bonds. The molecule has 0 atom stereocenters. The van der Waals surface area contributed by atoms with Gasteiger partial charge in [0.2, 0.25) is 0 Å². The average Bonchev–Trinajstić information content (AvgIpc) is 2.68. The van der Waals surface area contributed by atoms with E-state index in [9.17, 15) is 9.18 Å². The Morgan fingerprint density at radius 3 is 2.33 bits per heavy atom. The minimum absolute atomic E-state index is 0.252. The van der Waals surface area contributed by atoms with Gasteiger partial charge in [0.05, 0.1) is 11.4 Å². The van der Waals surface area contributed by atoms with Crippen LogP contribution in [0.15, 0.2) is 66.7 Å². The van der Waals surface area contributed by atoms with Gasteiger partial charge in [0.15, 0.2) is 0 Å². The van der Waals surface area contributed by atoms with Gasteiger partial charge in [-0.1, -0.05) is 12.1 Å². The van der Waals surface area contributed by atoms with Crippen molar-refractivity contribution in [3.63, 3.8) is 0 Å². The smallest absolute Gasteiger partial charge is 0.255 e. The number of benzene rings is 3. The molecular weight excluding hydrogens is 345 g/mol. The number of ether oxygens (including phenoxy) is 1. The summed E-state index contributed by atoms with van der Waals surface area (Å²) in [4.78, 5) is 12.3. The summed E-state index contributed by atoms with van der Waals surface area (Å²) in [5.74, 6) is 0.394. The maximum absolute atomic E-state index is 13.3. The van der Waals surface area contributed by atoms with E-state index in [0.717, 1.165) is 11.4 Å². The zero-order valence-electron chi connectivity index (χ0n) is 15.0. The second-order valence-corrected chi connectivity index (χ2v) is 5.80. The zero-order valence-corrected chi connectivity index (χ0v) is 15.0. The third-order valence-electron chi connectivity index (χ3n) is 3.94. The van der Waals surface area contributed by atoms with Crippen molar-refractivity contribution in [2.75, 3.05) is 30.0 Å². The number of nitrogens with one attached hydrogen (secondary N) is 3. The zero-order chi connectivity index (χ0) is 19.2. The van der Waals surface area contributed by atoms with E-state index in [1.165, 1.54) is 18.2 Å². The number of hydrogen-bond acceptors (Lipinski definition) is 4. The van der Waals surface area contributed by atoms with E-state index < -0.39 is 5.82 Å². The number of hydrogen-bond donors (Lipinski definition) is 3. The molecule has 0 fully saturated rings. The first-order valence-electron chi connectivity index (χ1n) is 8.43. The van der Waals surface area contributed by atoms with Crippen LogP contribution in [0.4, 0.5) is 21.5 Å². The molecular formula is C21H20FN3O2. The molecule has 0 radical (unpaired) electrons. The molecule has 0 saturated heterocycles. The van der Waals surface area contributed by atoms with E-state index in [0.29, 0.717) is 17.2 Å². The van der Waals surface area contributed by atoms with Crippen molar-refractivity contribution in [3.8, 4) is 11.5 Å². The molecule has 3 aromatic rings. The van der Waals surface area contributed by atoms with Crippen LogP contribution >= 0.6 is 0 Å². The molecule has 27 heavy (non-hydrogen) atoms. The summed E-state index contributed by atoms with van der Waals surface area (Å²) in [5, 5.41) is 8.94. The second kappa shape index (κ2) is 8.23. The Morgan fingerprint density at radius 2 is 1.59 bits per heavy atom. The fraction of sp³-hybridized carbons (Fsp3) is 0.0952. The highest BCUT2D eigenvalue weighted by Gasteiger charge is 2.08. The largest absolute Gasteiger partial charge is 0.457 e. The summed E-state index contributed by atoms with van der Waals surface area (Å²) >= 11 is 0. The first kappa shape index (κ1) is 18.3. The lowest BCUT2D eigenvalue weighted by Gasteiger charge is -2.13. The summed E-state index contributed by atoms with van der Waals surface area (Å²) < 4.78 is 19.2. The summed E-state index contributed by atoms with van der Waals surface area (Å²) in [6.07, 6.45) is 0. The SMILES string of the molecule is CNc1ccc(Oc2cccc(NC(=O)c3cccc(F)c3)c2)cc1NC. The first-order valence-corrected chi connectivity index (χ1v) is 8.43. The summed E-state index contributed by atoms with van der Waals surface area (Å²) in [6.45, 7) is 0. The van der Waals surface area contributed by atoms with Crippen molar-refractivity contribution < 1.29 is 13.9 Å². The van der Waals surface area contributed by atoms with Crippen LogP contribution in [0, 0.1) is 5.82 Å². The molecule has 0 heterocycles. The van der Waals surface area contributed by atoms with Gasteiger partial charge in [0, 0.05) is 37.5 Å². The lowest BCUT2D eigenvalue weighted by molar-refractivity contribution is 0.102. The molecule has 0 aliphatic rings. The molecule has 0 aromatic heterocycles. The molecule has 0 unspecified atom stereocenters. The van der Waals surface area contributed by atoms with E-state index in [4.69, 9.17) is 4.74 Å². The maximum atomic E-state index is 13.3. The molecule has 0 saturated carbocycles. The van der Waals surface area contributed by atoms with Crippen molar-refractivity contribution >= 4 is 23.0 Å². The predicted octanol–water partition coefficient (Wildman–Crippen LogP) is 4.95. The highest BCUT2D eigenvalue weighted by atomic mass is 19.1. The first-order chi connectivity index (χ1) is 13.1. The van der Waals surface area contributed by atoms with Crippen molar-refractivity contribution in [3.05, 3.63) is 78.1 Å². The molecule has 3 rings (SSSR count). The van der Waals surface area contributed by atoms with Gasteiger partial charge in [-0.3, -0.25) is 4.79 Å². The van der Waals surface area contributed by atoms with E-state index in [1.54, 1.807) is 30.3 Å². The van der Waals surface area contributed by atoms with Crippen LogP contribution < -0.4 is 20.7 Å². The fourth-order valence-corrected chi connectivity index (χ4v) is 2.62. The lowest BCUT2D eigenvalue weighted by atomic mass is 10.2. The Morgan fingerprint density at radius 1 is 0.852 bits per heavy atom. The minimum atomic E-state index is -0.454. The number of rotatable bonds is 6. The van der Waals surface area contributed by atoms with Gasteiger partial charge < -0.3 is 20.7 Å². The van der Waals surface area contributed by atoms with Crippen molar-refractivity contribution in [2.24, 2.45) is 0 Å². The van der Waals surface area contributed by atoms with Gasteiger partial charge in [-0.2, -0.15) is 0 Å². The van der Waals surface area contributed by atoms with Crippen molar-refractivity contribution in [2.45, 2.75) is 0 Å². The standard InChI is InChI=1S/C21H20FN3O2/c1-23-19-10-9-18(13-20(19)24-2)27-17-8-4-7-16(12-17)25-21(26)14-5-3-6-15(22)11-14/h3-13,23-24H,1-2H3,(H,25,26). The van der Waals surface area contributed by atoms with Gasteiger partial charge in [-0.25, -0.2) is 4.39 Å². The third kappa shape index (κ3) is 4.55. The maximum Gasteiger partial charge on any atom is 0.255 e. The average molecular weight is 365 g/mol. The molecule has 3 N–H and O–H groups in total. The van der Waals surface area contributed by atoms with E-state index in [2.05, 4.69) is 16.0 Å². The Kier molecular flexibility index (Phi) is 5.56. The Hall–Kier alpha value is -3.54. The molecule has 0 spiro atoms. The lowest BCUT2D eigenvalue weighted by Crippen LogP contribution is -2.11. The van der Waals surface area contributed by atoms with Gasteiger partial charge >= 0.3 is 0 Å². The molecule has 138 valence electrons. The molecule has 6 heteroatoms. The van der Waals surface area contributed by atoms with Crippen LogP contribution in [-0.4, -0.2) is 20.0 Å². The summed E-state index contributed by atoms with van der Waals surface area (Å²) in [7, 11) is 3.68. The Bertz CT molecular complexity index is 960. The Labute approximate surface area is 157 Å². The predicted molar refractivity (Wildman–Crippen MR) is 106 cm³/mol. The van der Waals surface area contributed by atoms with Crippen LogP contribution in [0.25, 0.3) is 0 Å². The van der Waals surface area contributed by atoms with Crippen molar-refractivity contribution in [1.82, 2.24) is 0 Å². The number of carbonyl (C=O) groups excluding carboxylic acids is 1. The molecule has 0 bridgehead atoms. The topological polar surface area (TPSA) is 62.4 Å². The Balaban J connectivity index is 1.75. The molecule has 3 aromatic carbocycles. The molecule has 5 nitrogen and oxygen atoms in total. The van der Waals surface area contributed by atoms with E-state index in [1.807, 2.05) is 32.3 Å². The van der Waals surface area contributed by atoms with Gasteiger partial charge in [-0.05, 0) is 42.5 Å². The van der Waals surface area contributed by atoms with Crippen molar-refractivity contribution in [1.29, 1.82) is 0 Å². The fourth-order valence-electron chi connectivity index (χ4n) is 2.62. The van der Waals surface area contributed by atoms with Crippen LogP contribution in [-0.2, 0) is 0 Å². The van der Waals surface area contributed by atoms with Crippen LogP contribution in [0.2, 0.25) is 0 Å². The number of amides is 1. The van der Waals surface area contributed by atoms with E-state index >= 15 is 0 Å². The van der Waals surface area contributed by atoms with Gasteiger partial charge in [0.1, 0.15) is 17.3 Å². The third-order valence-corrected chi connectivity index (χ3v) is 3.94. The summed E-state index contributed by atoms with van der Waals surface area (Å²) in [5.41, 5.74) is 2.68. The quantitative estimate of drug-likeness (QED) is 0.578. The van der Waals surface area contributed by atoms with Gasteiger partial charge in [-0.15, -0.1) is 0 Å². The number of carbonyl (C=O) groups is 1. The highest BCUT2D eigenvalue weighted by Crippen LogP contribution is 2.30. The van der Waals surface area contributed by atoms with Crippen LogP contribution in [0.3, 0.4) is 0 Å². The monoisotopic (exact) mass is 365 g/mol. The van der Waals surface area contributed by atoms with Gasteiger partial charge in [0.25, 0.3) is 5.91 Å². The summed E-state index contributed by atoms with van der Waals surface area (Å²) in [6, 6.07) is 18.2. The molecule has 0 aliphatic carbocycles. The van der Waals surface area contributed by atoms with Crippen LogP contribution in [0.5, 0.6) is 11.5 Å². The molecule has 0 aliphatic heterocycles. The van der Waals surface area contributed by atoms with E-state index in [-0.39, 0.29) is 11.5 Å². The van der Waals surface area contributed by atoms with Crippen LogP contribution in [0.1, 0.15) is 10.4 Å². The second-order valence-electron chi connectivity index (χ2n) is 5.80. The minimum Gasteiger partial charge on any atom is -0.457 e.